The highest BCUT2D eigenvalue weighted by Gasteiger charge is 2.34. The molecule has 1 N–H and O–H groups in total. The number of halogens is 2. The van der Waals surface area contributed by atoms with Crippen LogP contribution >= 0.6 is 23.2 Å². The monoisotopic (exact) mass is 460 g/mol. The van der Waals surface area contributed by atoms with Gasteiger partial charge in [0.05, 0.1) is 42.3 Å². The van der Waals surface area contributed by atoms with Gasteiger partial charge >= 0.3 is 0 Å². The number of amides is 1. The third kappa shape index (κ3) is 3.28. The van der Waals surface area contributed by atoms with Crippen LogP contribution in [-0.2, 0) is 17.7 Å². The van der Waals surface area contributed by atoms with E-state index in [1.54, 1.807) is 24.2 Å². The van der Waals surface area contributed by atoms with E-state index in [4.69, 9.17) is 32.4 Å². The smallest absolute Gasteiger partial charge is 0.256 e. The fourth-order valence-electron chi connectivity index (χ4n) is 4.55. The molecule has 3 aromatic rings. The molecule has 1 unspecified atom stereocenters. The van der Waals surface area contributed by atoms with Crippen molar-refractivity contribution >= 4 is 40.1 Å². The predicted octanol–water partition coefficient (Wildman–Crippen LogP) is 4.68. The molecular formula is C23H22Cl2N2O4. The maximum absolute atomic E-state index is 13.5. The van der Waals surface area contributed by atoms with Crippen molar-refractivity contribution in [2.45, 2.75) is 32.7 Å². The van der Waals surface area contributed by atoms with Crippen LogP contribution in [0, 0.1) is 12.8 Å². The predicted molar refractivity (Wildman–Crippen MR) is 119 cm³/mol. The number of pyridine rings is 1. The van der Waals surface area contributed by atoms with Crippen molar-refractivity contribution in [2.24, 2.45) is 5.92 Å². The average Bonchev–Trinajstić information content (AvgIpc) is 3.17. The second-order valence-electron chi connectivity index (χ2n) is 8.40. The lowest BCUT2D eigenvalue weighted by molar-refractivity contribution is -0.0423. The zero-order valence-electron chi connectivity index (χ0n) is 17.3. The number of aromatic amines is 1. The van der Waals surface area contributed by atoms with Crippen LogP contribution in [0.3, 0.4) is 0 Å². The first-order valence-electron chi connectivity index (χ1n) is 10.3. The molecule has 162 valence electrons. The third-order valence-electron chi connectivity index (χ3n) is 6.59. The van der Waals surface area contributed by atoms with Gasteiger partial charge in [0.15, 0.2) is 5.58 Å². The Bertz CT molecular complexity index is 1260. The van der Waals surface area contributed by atoms with E-state index in [-0.39, 0.29) is 23.9 Å². The van der Waals surface area contributed by atoms with Crippen LogP contribution in [-0.4, -0.2) is 35.5 Å². The summed E-state index contributed by atoms with van der Waals surface area (Å²) in [6, 6.07) is 3.66. The van der Waals surface area contributed by atoms with Gasteiger partial charge in [-0.1, -0.05) is 30.1 Å². The van der Waals surface area contributed by atoms with Gasteiger partial charge in [-0.05, 0) is 42.5 Å². The molecular weight excluding hydrogens is 439 g/mol. The summed E-state index contributed by atoms with van der Waals surface area (Å²) in [5, 5.41) is 1.75. The van der Waals surface area contributed by atoms with Crippen molar-refractivity contribution in [1.82, 2.24) is 9.88 Å². The van der Waals surface area contributed by atoms with Crippen molar-refractivity contribution in [3.8, 4) is 0 Å². The molecule has 1 aromatic carbocycles. The molecule has 0 radical (unpaired) electrons. The van der Waals surface area contributed by atoms with Crippen molar-refractivity contribution in [3.63, 3.8) is 0 Å². The summed E-state index contributed by atoms with van der Waals surface area (Å²) in [6.45, 7) is 5.88. The lowest BCUT2D eigenvalue weighted by Gasteiger charge is -2.34. The van der Waals surface area contributed by atoms with E-state index in [0.717, 1.165) is 16.5 Å². The first kappa shape index (κ1) is 20.6. The van der Waals surface area contributed by atoms with Gasteiger partial charge in [0, 0.05) is 28.4 Å². The number of H-pyrrole nitrogens is 1. The van der Waals surface area contributed by atoms with Gasteiger partial charge in [-0.25, -0.2) is 0 Å². The largest absolute Gasteiger partial charge is 0.463 e. The van der Waals surface area contributed by atoms with Gasteiger partial charge in [0.25, 0.3) is 11.5 Å². The molecule has 4 heterocycles. The molecule has 6 nitrogen and oxygen atoms in total. The Hall–Kier alpha value is -2.28. The van der Waals surface area contributed by atoms with E-state index in [1.165, 1.54) is 0 Å². The Balaban J connectivity index is 1.53. The Morgan fingerprint density at radius 3 is 2.77 bits per heavy atom. The zero-order chi connectivity index (χ0) is 21.9. The van der Waals surface area contributed by atoms with Gasteiger partial charge < -0.3 is 19.0 Å². The van der Waals surface area contributed by atoms with Crippen LogP contribution < -0.4 is 5.56 Å². The number of hydrogen-bond acceptors (Lipinski definition) is 4. The lowest BCUT2D eigenvalue weighted by Crippen LogP contribution is -2.39. The number of carbonyl (C=O) groups excluding carboxylic acids is 1. The normalized spacial score (nSPS) is 17.7. The minimum atomic E-state index is -0.221. The number of rotatable bonds is 4. The Labute approximate surface area is 189 Å². The fourth-order valence-corrected chi connectivity index (χ4v) is 5.27. The third-order valence-corrected chi connectivity index (χ3v) is 7.34. The molecule has 1 saturated heterocycles. The molecule has 1 atom stereocenters. The van der Waals surface area contributed by atoms with E-state index in [9.17, 15) is 9.59 Å². The quantitative estimate of drug-likeness (QED) is 0.612. The number of nitrogens with zero attached hydrogens (tertiary/aromatic N) is 1. The number of fused-ring (bicyclic) bond motifs is 2. The molecule has 2 aromatic heterocycles. The number of hydrogen-bond donors (Lipinski definition) is 1. The number of furan rings is 1. The molecule has 5 rings (SSSR count). The molecule has 0 bridgehead atoms. The van der Waals surface area contributed by atoms with Crippen molar-refractivity contribution in [2.75, 3.05) is 19.8 Å². The Morgan fingerprint density at radius 2 is 2.06 bits per heavy atom. The molecule has 0 spiro atoms. The van der Waals surface area contributed by atoms with Gasteiger partial charge in [0.1, 0.15) is 0 Å². The first-order chi connectivity index (χ1) is 14.9. The SMILES string of the molecule is Cc1[nH]c(=O)c(CN2CCc3c(Cl)cc(C(C)C4COC4)c(Cl)c3C2=O)c2ccoc12. The molecule has 2 aliphatic heterocycles. The van der Waals surface area contributed by atoms with Crippen LogP contribution in [0.4, 0.5) is 0 Å². The van der Waals surface area contributed by atoms with E-state index in [1.807, 2.05) is 6.07 Å². The summed E-state index contributed by atoms with van der Waals surface area (Å²) in [6.07, 6.45) is 2.13. The van der Waals surface area contributed by atoms with Crippen LogP contribution in [0.1, 0.15) is 45.6 Å². The standard InChI is InChI=1S/C23H22Cl2N2O4/c1-11(13-9-30-10-13)16-7-18(24)15-3-5-27(23(29)19(15)20(16)25)8-17-14-4-6-31-21(14)12(2)26-22(17)28/h4,6-7,11,13H,3,5,8-10H2,1-2H3,(H,26,28). The highest BCUT2D eigenvalue weighted by atomic mass is 35.5. The second-order valence-corrected chi connectivity index (χ2v) is 9.18. The number of nitrogens with one attached hydrogen (secondary N) is 1. The van der Waals surface area contributed by atoms with E-state index in [0.29, 0.717) is 64.5 Å². The molecule has 0 saturated carbocycles. The van der Waals surface area contributed by atoms with E-state index < -0.39 is 0 Å². The van der Waals surface area contributed by atoms with Crippen LogP contribution in [0.2, 0.25) is 10.0 Å². The number of aromatic nitrogens is 1. The zero-order valence-corrected chi connectivity index (χ0v) is 18.8. The van der Waals surface area contributed by atoms with Gasteiger partial charge in [-0.3, -0.25) is 9.59 Å². The summed E-state index contributed by atoms with van der Waals surface area (Å²) >= 11 is 13.4. The molecule has 1 fully saturated rings. The summed E-state index contributed by atoms with van der Waals surface area (Å²) in [5.74, 6) is 0.295. The lowest BCUT2D eigenvalue weighted by atomic mass is 9.84. The Kier molecular flexibility index (Phi) is 5.12. The van der Waals surface area contributed by atoms with E-state index in [2.05, 4.69) is 11.9 Å². The number of benzene rings is 1. The van der Waals surface area contributed by atoms with Gasteiger partial charge in [-0.15, -0.1) is 0 Å². The minimum Gasteiger partial charge on any atom is -0.463 e. The maximum atomic E-state index is 13.5. The van der Waals surface area contributed by atoms with Gasteiger partial charge in [-0.2, -0.15) is 0 Å². The summed E-state index contributed by atoms with van der Waals surface area (Å²) < 4.78 is 10.8. The second kappa shape index (κ2) is 7.69. The summed E-state index contributed by atoms with van der Waals surface area (Å²) in [7, 11) is 0. The van der Waals surface area contributed by atoms with Crippen LogP contribution in [0.25, 0.3) is 11.0 Å². The van der Waals surface area contributed by atoms with E-state index >= 15 is 0 Å². The summed E-state index contributed by atoms with van der Waals surface area (Å²) in [4.78, 5) is 30.6. The molecule has 0 aliphatic carbocycles. The van der Waals surface area contributed by atoms with Crippen molar-refractivity contribution in [3.05, 3.63) is 66.7 Å². The Morgan fingerprint density at radius 1 is 1.29 bits per heavy atom. The van der Waals surface area contributed by atoms with Crippen molar-refractivity contribution in [1.29, 1.82) is 0 Å². The molecule has 2 aliphatic rings. The number of ether oxygens (including phenoxy) is 1. The first-order valence-corrected chi connectivity index (χ1v) is 11.1. The summed E-state index contributed by atoms with van der Waals surface area (Å²) in [5.41, 5.74) is 3.68. The fraction of sp³-hybridized carbons (Fsp3) is 0.391. The highest BCUT2D eigenvalue weighted by molar-refractivity contribution is 6.37. The van der Waals surface area contributed by atoms with Crippen LogP contribution in [0.5, 0.6) is 0 Å². The minimum absolute atomic E-state index is 0.137. The average molecular weight is 461 g/mol. The number of carbonyl (C=O) groups is 1. The maximum Gasteiger partial charge on any atom is 0.256 e. The number of aryl methyl sites for hydroxylation is 1. The topological polar surface area (TPSA) is 75.5 Å². The highest BCUT2D eigenvalue weighted by Crippen LogP contribution is 2.41. The molecule has 8 heteroatoms. The van der Waals surface area contributed by atoms with Crippen LogP contribution in [0.15, 0.2) is 27.6 Å². The van der Waals surface area contributed by atoms with Crippen molar-refractivity contribution < 1.29 is 13.9 Å². The van der Waals surface area contributed by atoms with Gasteiger partial charge in [0.2, 0.25) is 0 Å². The molecule has 1 amide bonds. The molecule has 31 heavy (non-hydrogen) atoms.